The predicted molar refractivity (Wildman–Crippen MR) is 80.1 cm³/mol. The first-order valence-corrected chi connectivity index (χ1v) is 8.62. The Hall–Kier alpha value is -1.56. The number of carbonyl (C=O) groups is 1. The summed E-state index contributed by atoms with van der Waals surface area (Å²) in [5, 5.41) is 2.57. The SMILES string of the molecule is Nc1cccc(NC(=O)CS(=O)(=O)CC2CCCC2)c1. The lowest BCUT2D eigenvalue weighted by Crippen LogP contribution is -2.26. The molecule has 0 radical (unpaired) electrons. The summed E-state index contributed by atoms with van der Waals surface area (Å²) in [6.07, 6.45) is 4.09. The lowest BCUT2D eigenvalue weighted by Gasteiger charge is -2.10. The van der Waals surface area contributed by atoms with Gasteiger partial charge in [-0.05, 0) is 37.0 Å². The lowest BCUT2D eigenvalue weighted by molar-refractivity contribution is -0.113. The molecule has 110 valence electrons. The molecule has 1 amide bonds. The number of nitrogen functional groups attached to an aromatic ring is 1. The highest BCUT2D eigenvalue weighted by Crippen LogP contribution is 2.26. The average molecular weight is 296 g/mol. The Morgan fingerprint density at radius 3 is 2.65 bits per heavy atom. The molecule has 0 saturated heterocycles. The molecule has 6 heteroatoms. The molecule has 0 spiro atoms. The van der Waals surface area contributed by atoms with E-state index < -0.39 is 21.5 Å². The molecule has 1 aliphatic carbocycles. The summed E-state index contributed by atoms with van der Waals surface area (Å²) in [6, 6.07) is 6.68. The Labute approximate surface area is 119 Å². The quantitative estimate of drug-likeness (QED) is 0.811. The third-order valence-corrected chi connectivity index (χ3v) is 5.17. The van der Waals surface area contributed by atoms with E-state index in [0.29, 0.717) is 11.4 Å². The number of carbonyl (C=O) groups excluding carboxylic acids is 1. The molecular formula is C14H20N2O3S. The van der Waals surface area contributed by atoms with Gasteiger partial charge in [0.2, 0.25) is 5.91 Å². The molecule has 0 heterocycles. The van der Waals surface area contributed by atoms with Crippen LogP contribution >= 0.6 is 0 Å². The van der Waals surface area contributed by atoms with Gasteiger partial charge < -0.3 is 11.1 Å². The van der Waals surface area contributed by atoms with Crippen LogP contribution in [0.1, 0.15) is 25.7 Å². The fraction of sp³-hybridized carbons (Fsp3) is 0.500. The number of nitrogens with one attached hydrogen (secondary N) is 1. The summed E-state index contributed by atoms with van der Waals surface area (Å²) in [7, 11) is -3.34. The fourth-order valence-electron chi connectivity index (χ4n) is 2.61. The number of rotatable bonds is 5. The van der Waals surface area contributed by atoms with Crippen LogP contribution in [0.3, 0.4) is 0 Å². The van der Waals surface area contributed by atoms with Crippen molar-refractivity contribution in [1.82, 2.24) is 0 Å². The minimum atomic E-state index is -3.34. The van der Waals surface area contributed by atoms with Gasteiger partial charge in [0.25, 0.3) is 0 Å². The zero-order chi connectivity index (χ0) is 14.6. The number of hydrogen-bond donors (Lipinski definition) is 2. The lowest BCUT2D eigenvalue weighted by atomic mass is 10.1. The number of sulfone groups is 1. The molecular weight excluding hydrogens is 276 g/mol. The maximum absolute atomic E-state index is 12.0. The number of amides is 1. The summed E-state index contributed by atoms with van der Waals surface area (Å²) in [5.41, 5.74) is 6.65. The van der Waals surface area contributed by atoms with Crippen LogP contribution in [0.25, 0.3) is 0 Å². The molecule has 0 aromatic heterocycles. The molecule has 1 aliphatic rings. The molecule has 1 aromatic rings. The van der Waals surface area contributed by atoms with Crippen molar-refractivity contribution < 1.29 is 13.2 Å². The summed E-state index contributed by atoms with van der Waals surface area (Å²) in [6.45, 7) is 0. The van der Waals surface area contributed by atoms with E-state index in [4.69, 9.17) is 5.73 Å². The van der Waals surface area contributed by atoms with Gasteiger partial charge in [-0.25, -0.2) is 8.42 Å². The van der Waals surface area contributed by atoms with Crippen LogP contribution in [-0.2, 0) is 14.6 Å². The summed E-state index contributed by atoms with van der Waals surface area (Å²) in [4.78, 5) is 11.8. The van der Waals surface area contributed by atoms with E-state index in [2.05, 4.69) is 5.32 Å². The summed E-state index contributed by atoms with van der Waals surface area (Å²) in [5.74, 6) is -0.621. The second kappa shape index (κ2) is 6.26. The zero-order valence-corrected chi connectivity index (χ0v) is 12.2. The van der Waals surface area contributed by atoms with Gasteiger partial charge in [-0.15, -0.1) is 0 Å². The van der Waals surface area contributed by atoms with Gasteiger partial charge in [-0.3, -0.25) is 4.79 Å². The van der Waals surface area contributed by atoms with Crippen molar-refractivity contribution in [3.63, 3.8) is 0 Å². The van der Waals surface area contributed by atoms with E-state index >= 15 is 0 Å². The van der Waals surface area contributed by atoms with Gasteiger partial charge >= 0.3 is 0 Å². The maximum Gasteiger partial charge on any atom is 0.239 e. The predicted octanol–water partition coefficient (Wildman–Crippen LogP) is 1.81. The second-order valence-corrected chi connectivity index (χ2v) is 7.49. The first-order valence-electron chi connectivity index (χ1n) is 6.80. The molecule has 3 N–H and O–H groups in total. The molecule has 20 heavy (non-hydrogen) atoms. The summed E-state index contributed by atoms with van der Waals surface area (Å²) < 4.78 is 23.9. The Morgan fingerprint density at radius 2 is 2.00 bits per heavy atom. The number of hydrogen-bond acceptors (Lipinski definition) is 4. The Kier molecular flexibility index (Phi) is 4.65. The van der Waals surface area contributed by atoms with Crippen molar-refractivity contribution in [2.45, 2.75) is 25.7 Å². The van der Waals surface area contributed by atoms with Crippen molar-refractivity contribution in [2.75, 3.05) is 22.6 Å². The Morgan fingerprint density at radius 1 is 1.30 bits per heavy atom. The van der Waals surface area contributed by atoms with Crippen LogP contribution in [0.15, 0.2) is 24.3 Å². The van der Waals surface area contributed by atoms with Crippen LogP contribution < -0.4 is 11.1 Å². The first-order chi connectivity index (χ1) is 9.44. The largest absolute Gasteiger partial charge is 0.399 e. The van der Waals surface area contributed by atoms with Gasteiger partial charge in [0.05, 0.1) is 5.75 Å². The molecule has 0 bridgehead atoms. The molecule has 0 aliphatic heterocycles. The van der Waals surface area contributed by atoms with Crippen molar-refractivity contribution in [1.29, 1.82) is 0 Å². The van der Waals surface area contributed by atoms with E-state index in [9.17, 15) is 13.2 Å². The van der Waals surface area contributed by atoms with Crippen LogP contribution in [0, 0.1) is 5.92 Å². The zero-order valence-electron chi connectivity index (χ0n) is 11.3. The van der Waals surface area contributed by atoms with E-state index in [1.165, 1.54) is 0 Å². The Balaban J connectivity index is 1.89. The highest BCUT2D eigenvalue weighted by molar-refractivity contribution is 7.92. The van der Waals surface area contributed by atoms with Crippen molar-refractivity contribution >= 4 is 27.1 Å². The highest BCUT2D eigenvalue weighted by atomic mass is 32.2. The third kappa shape index (κ3) is 4.52. The van der Waals surface area contributed by atoms with E-state index in [0.717, 1.165) is 25.7 Å². The number of anilines is 2. The fourth-order valence-corrected chi connectivity index (χ4v) is 4.25. The van der Waals surface area contributed by atoms with Crippen molar-refractivity contribution in [3.8, 4) is 0 Å². The molecule has 0 unspecified atom stereocenters. The topological polar surface area (TPSA) is 89.3 Å². The van der Waals surface area contributed by atoms with Crippen LogP contribution in [0.5, 0.6) is 0 Å². The van der Waals surface area contributed by atoms with Crippen LogP contribution in [0.2, 0.25) is 0 Å². The third-order valence-electron chi connectivity index (χ3n) is 3.49. The van der Waals surface area contributed by atoms with Crippen LogP contribution in [0.4, 0.5) is 11.4 Å². The maximum atomic E-state index is 12.0. The first kappa shape index (κ1) is 14.8. The standard InChI is InChI=1S/C14H20N2O3S/c15-12-6-3-7-13(8-12)16-14(17)10-20(18,19)9-11-4-1-2-5-11/h3,6-8,11H,1-2,4-5,9-10,15H2,(H,16,17). The van der Waals surface area contributed by atoms with Crippen molar-refractivity contribution in [3.05, 3.63) is 24.3 Å². The van der Waals surface area contributed by atoms with E-state index in [-0.39, 0.29) is 11.7 Å². The molecule has 1 aromatic carbocycles. The normalized spacial score (nSPS) is 16.2. The van der Waals surface area contributed by atoms with Crippen molar-refractivity contribution in [2.24, 2.45) is 5.92 Å². The summed E-state index contributed by atoms with van der Waals surface area (Å²) >= 11 is 0. The molecule has 1 saturated carbocycles. The monoisotopic (exact) mass is 296 g/mol. The van der Waals surface area contributed by atoms with Crippen LogP contribution in [-0.4, -0.2) is 25.8 Å². The van der Waals surface area contributed by atoms with Gasteiger partial charge in [0, 0.05) is 11.4 Å². The number of benzene rings is 1. The van der Waals surface area contributed by atoms with Gasteiger partial charge in [0.1, 0.15) is 5.75 Å². The van der Waals surface area contributed by atoms with Gasteiger partial charge in [-0.2, -0.15) is 0 Å². The van der Waals surface area contributed by atoms with Gasteiger partial charge in [0.15, 0.2) is 9.84 Å². The average Bonchev–Trinajstić information content (AvgIpc) is 2.79. The highest BCUT2D eigenvalue weighted by Gasteiger charge is 2.24. The number of nitrogens with two attached hydrogens (primary N) is 1. The minimum Gasteiger partial charge on any atom is -0.399 e. The van der Waals surface area contributed by atoms with E-state index in [1.807, 2.05) is 0 Å². The second-order valence-electron chi connectivity index (χ2n) is 5.38. The molecule has 2 rings (SSSR count). The van der Waals surface area contributed by atoms with E-state index in [1.54, 1.807) is 24.3 Å². The molecule has 1 fully saturated rings. The Bertz CT molecular complexity index is 578. The van der Waals surface area contributed by atoms with Gasteiger partial charge in [-0.1, -0.05) is 18.9 Å². The molecule has 0 atom stereocenters. The minimum absolute atomic E-state index is 0.122. The smallest absolute Gasteiger partial charge is 0.239 e. The molecule has 5 nitrogen and oxygen atoms in total.